The molecule has 3 rings (SSSR count). The van der Waals surface area contributed by atoms with Crippen LogP contribution in [0.5, 0.6) is 0 Å². The smallest absolute Gasteiger partial charge is 0.160 e. The minimum Gasteiger partial charge on any atom is -0.328 e. The van der Waals surface area contributed by atoms with Gasteiger partial charge in [-0.25, -0.2) is 4.98 Å². The molecule has 2 aromatic rings. The third kappa shape index (κ3) is 2.60. The summed E-state index contributed by atoms with van der Waals surface area (Å²) in [7, 11) is 0. The minimum absolute atomic E-state index is 0.257. The molecule has 1 unspecified atom stereocenters. The van der Waals surface area contributed by atoms with E-state index in [1.807, 2.05) is 25.1 Å². The average Bonchev–Trinajstić information content (AvgIpc) is 2.85. The Morgan fingerprint density at radius 1 is 1.38 bits per heavy atom. The third-order valence-corrected chi connectivity index (χ3v) is 4.60. The zero-order valence-electron chi connectivity index (χ0n) is 12.9. The average molecular weight is 285 g/mol. The van der Waals surface area contributed by atoms with Gasteiger partial charge in [0.2, 0.25) is 0 Å². The lowest BCUT2D eigenvalue weighted by Gasteiger charge is -2.33. The van der Waals surface area contributed by atoms with Crippen LogP contribution in [0.2, 0.25) is 0 Å². The maximum Gasteiger partial charge on any atom is 0.160 e. The van der Waals surface area contributed by atoms with Crippen LogP contribution in [0.3, 0.4) is 0 Å². The molecular weight excluding hydrogens is 262 g/mol. The number of Topliss-reactive ketones (excluding diaryl/α,β-unsaturated/α-hetero) is 1. The first-order valence-corrected chi connectivity index (χ1v) is 7.86. The van der Waals surface area contributed by atoms with Gasteiger partial charge in [0.05, 0.1) is 23.0 Å². The van der Waals surface area contributed by atoms with Crippen molar-refractivity contribution in [2.24, 2.45) is 0 Å². The summed E-state index contributed by atoms with van der Waals surface area (Å²) in [5.41, 5.74) is 1.71. The first-order chi connectivity index (χ1) is 10.1. The lowest BCUT2D eigenvalue weighted by Crippen LogP contribution is -2.53. The number of hydrogen-bond acceptors (Lipinski definition) is 3. The Morgan fingerprint density at radius 3 is 2.90 bits per heavy atom. The number of fused-ring (bicyclic) bond motifs is 1. The van der Waals surface area contributed by atoms with Crippen LogP contribution in [0.25, 0.3) is 11.0 Å². The van der Waals surface area contributed by atoms with Gasteiger partial charge < -0.3 is 9.88 Å². The zero-order chi connectivity index (χ0) is 14.9. The molecule has 0 saturated carbocycles. The molecular formula is C17H23N3O. The molecule has 1 saturated heterocycles. The quantitative estimate of drug-likeness (QED) is 0.939. The van der Waals surface area contributed by atoms with Crippen molar-refractivity contribution >= 4 is 16.8 Å². The molecule has 1 atom stereocenters. The largest absolute Gasteiger partial charge is 0.328 e. The summed E-state index contributed by atoms with van der Waals surface area (Å²) >= 11 is 0. The van der Waals surface area contributed by atoms with Crippen LogP contribution < -0.4 is 5.32 Å². The van der Waals surface area contributed by atoms with Gasteiger partial charge in [-0.2, -0.15) is 0 Å². The van der Waals surface area contributed by atoms with Gasteiger partial charge in [0.15, 0.2) is 5.78 Å². The Balaban J connectivity index is 1.89. The molecule has 1 aromatic carbocycles. The molecule has 2 heterocycles. The number of nitrogens with zero attached hydrogens (tertiary/aromatic N) is 2. The summed E-state index contributed by atoms with van der Waals surface area (Å²) in [5, 5.41) is 3.40. The Kier molecular flexibility index (Phi) is 3.81. The molecule has 1 fully saturated rings. The fraction of sp³-hybridized carbons (Fsp3) is 0.529. The van der Waals surface area contributed by atoms with E-state index in [-0.39, 0.29) is 11.3 Å². The molecule has 1 aromatic heterocycles. The van der Waals surface area contributed by atoms with Crippen molar-refractivity contribution in [3.8, 4) is 0 Å². The first kappa shape index (κ1) is 14.3. The number of carbonyl (C=O) groups excluding carboxylic acids is 1. The molecule has 4 heteroatoms. The zero-order valence-corrected chi connectivity index (χ0v) is 12.9. The second-order valence-electron chi connectivity index (χ2n) is 6.08. The number of nitrogens with one attached hydrogen (secondary N) is 1. The highest BCUT2D eigenvalue weighted by Gasteiger charge is 2.34. The van der Waals surface area contributed by atoms with Crippen molar-refractivity contribution in [2.75, 3.05) is 6.54 Å². The van der Waals surface area contributed by atoms with Crippen molar-refractivity contribution < 1.29 is 4.79 Å². The highest BCUT2D eigenvalue weighted by atomic mass is 16.1. The van der Waals surface area contributed by atoms with Crippen LogP contribution in [0, 0.1) is 0 Å². The summed E-state index contributed by atoms with van der Waals surface area (Å²) in [6.07, 6.45) is 3.62. The Hall–Kier alpha value is -1.68. The normalized spacial score (nSPS) is 22.6. The van der Waals surface area contributed by atoms with E-state index < -0.39 is 0 Å². The first-order valence-electron chi connectivity index (χ1n) is 7.86. The van der Waals surface area contributed by atoms with E-state index in [9.17, 15) is 4.79 Å². The SMILES string of the molecule is CCn1c(CC(=O)C2(C)CCCCN2)nc2ccccc21. The molecule has 0 bridgehead atoms. The predicted molar refractivity (Wildman–Crippen MR) is 84.4 cm³/mol. The number of aryl methyl sites for hydroxylation is 1. The summed E-state index contributed by atoms with van der Waals surface area (Å²) in [4.78, 5) is 17.4. The summed E-state index contributed by atoms with van der Waals surface area (Å²) < 4.78 is 2.15. The van der Waals surface area contributed by atoms with Crippen LogP contribution in [0.15, 0.2) is 24.3 Å². The van der Waals surface area contributed by atoms with Crippen LogP contribution in [0.4, 0.5) is 0 Å². The fourth-order valence-corrected chi connectivity index (χ4v) is 3.25. The number of piperidine rings is 1. The van der Waals surface area contributed by atoms with E-state index in [0.29, 0.717) is 6.42 Å². The van der Waals surface area contributed by atoms with Gasteiger partial charge in [-0.3, -0.25) is 4.79 Å². The molecule has 0 amide bonds. The summed E-state index contributed by atoms with van der Waals surface area (Å²) in [5.74, 6) is 1.14. The summed E-state index contributed by atoms with van der Waals surface area (Å²) in [6.45, 7) is 5.91. The number of ketones is 1. The Bertz CT molecular complexity index is 653. The van der Waals surface area contributed by atoms with Gasteiger partial charge in [0.1, 0.15) is 5.82 Å². The topological polar surface area (TPSA) is 46.9 Å². The van der Waals surface area contributed by atoms with E-state index in [0.717, 1.165) is 49.2 Å². The van der Waals surface area contributed by atoms with Gasteiger partial charge in [0.25, 0.3) is 0 Å². The van der Waals surface area contributed by atoms with Crippen LogP contribution >= 0.6 is 0 Å². The predicted octanol–water partition coefficient (Wildman–Crippen LogP) is 2.70. The molecule has 1 aliphatic heterocycles. The standard InChI is InChI=1S/C17H23N3O/c1-3-20-14-9-5-4-8-13(14)19-16(20)12-15(21)17(2)10-6-7-11-18-17/h4-5,8-9,18H,3,6-7,10-12H2,1-2H3. The van der Waals surface area contributed by atoms with Crippen molar-refractivity contribution in [2.45, 2.75) is 51.6 Å². The van der Waals surface area contributed by atoms with Crippen LogP contribution in [-0.2, 0) is 17.8 Å². The molecule has 1 N–H and O–H groups in total. The lowest BCUT2D eigenvalue weighted by atomic mass is 9.85. The van der Waals surface area contributed by atoms with Crippen LogP contribution in [0.1, 0.15) is 38.9 Å². The van der Waals surface area contributed by atoms with E-state index >= 15 is 0 Å². The van der Waals surface area contributed by atoms with Crippen LogP contribution in [-0.4, -0.2) is 27.4 Å². The number of rotatable bonds is 4. The maximum absolute atomic E-state index is 12.7. The van der Waals surface area contributed by atoms with Gasteiger partial charge in [-0.05, 0) is 51.8 Å². The number of imidazole rings is 1. The van der Waals surface area contributed by atoms with Gasteiger partial charge in [-0.1, -0.05) is 12.1 Å². The van der Waals surface area contributed by atoms with Gasteiger partial charge in [0, 0.05) is 6.54 Å². The fourth-order valence-electron chi connectivity index (χ4n) is 3.25. The molecule has 0 spiro atoms. The molecule has 0 aliphatic carbocycles. The number of hydrogen-bond donors (Lipinski definition) is 1. The van der Waals surface area contributed by atoms with Gasteiger partial charge in [-0.15, -0.1) is 0 Å². The van der Waals surface area contributed by atoms with Crippen molar-refractivity contribution in [3.05, 3.63) is 30.1 Å². The Labute approximate surface area is 125 Å². The number of aromatic nitrogens is 2. The molecule has 4 nitrogen and oxygen atoms in total. The summed E-state index contributed by atoms with van der Waals surface area (Å²) in [6, 6.07) is 8.09. The molecule has 21 heavy (non-hydrogen) atoms. The highest BCUT2D eigenvalue weighted by Crippen LogP contribution is 2.23. The molecule has 0 radical (unpaired) electrons. The molecule has 1 aliphatic rings. The number of para-hydroxylation sites is 2. The van der Waals surface area contributed by atoms with E-state index in [1.54, 1.807) is 0 Å². The van der Waals surface area contributed by atoms with Crippen molar-refractivity contribution in [1.82, 2.24) is 14.9 Å². The number of benzene rings is 1. The maximum atomic E-state index is 12.7. The molecule has 112 valence electrons. The van der Waals surface area contributed by atoms with E-state index in [4.69, 9.17) is 0 Å². The lowest BCUT2D eigenvalue weighted by molar-refractivity contribution is -0.125. The third-order valence-electron chi connectivity index (χ3n) is 4.60. The van der Waals surface area contributed by atoms with Gasteiger partial charge >= 0.3 is 0 Å². The van der Waals surface area contributed by atoms with E-state index in [1.165, 1.54) is 0 Å². The van der Waals surface area contributed by atoms with Crippen molar-refractivity contribution in [1.29, 1.82) is 0 Å². The Morgan fingerprint density at radius 2 is 2.19 bits per heavy atom. The second-order valence-corrected chi connectivity index (χ2v) is 6.08. The highest BCUT2D eigenvalue weighted by molar-refractivity contribution is 5.90. The number of carbonyl (C=O) groups is 1. The van der Waals surface area contributed by atoms with E-state index in [2.05, 4.69) is 27.9 Å². The monoisotopic (exact) mass is 285 g/mol. The minimum atomic E-state index is -0.380. The second kappa shape index (κ2) is 5.60. The van der Waals surface area contributed by atoms with Crippen molar-refractivity contribution in [3.63, 3.8) is 0 Å².